The third-order valence-electron chi connectivity index (χ3n) is 12.4. The lowest BCUT2D eigenvalue weighted by molar-refractivity contribution is 0.122. The molecule has 0 spiro atoms. The molecule has 2 saturated heterocycles. The predicted molar refractivity (Wildman–Crippen MR) is 197 cm³/mol. The summed E-state index contributed by atoms with van der Waals surface area (Å²) >= 11 is 0. The topological polar surface area (TPSA) is 32.3 Å². The second kappa shape index (κ2) is 14.6. The Morgan fingerprint density at radius 3 is 1.11 bits per heavy atom. The van der Waals surface area contributed by atoms with Gasteiger partial charge in [-0.2, -0.15) is 0 Å². The first-order valence-corrected chi connectivity index (χ1v) is 22.6. The van der Waals surface area contributed by atoms with E-state index in [-0.39, 0.29) is 0 Å². The molecule has 2 aliphatic heterocycles. The highest BCUT2D eigenvalue weighted by Crippen LogP contribution is 2.42. The van der Waals surface area contributed by atoms with Crippen molar-refractivity contribution in [1.82, 2.24) is 19.8 Å². The lowest BCUT2D eigenvalue weighted by Crippen LogP contribution is -2.55. The molecule has 2 aliphatic rings. The van der Waals surface area contributed by atoms with Crippen molar-refractivity contribution in [2.75, 3.05) is 13.1 Å². The van der Waals surface area contributed by atoms with Crippen LogP contribution in [0.4, 0.5) is 0 Å². The maximum absolute atomic E-state index is 5.14. The molecule has 4 heterocycles. The molecular weight excluding hydrogens is 569 g/mol. The van der Waals surface area contributed by atoms with Crippen LogP contribution in [0, 0.1) is 0 Å². The highest BCUT2D eigenvalue weighted by atomic mass is 28.3. The Balaban J connectivity index is 1.47. The molecule has 2 aromatic rings. The first kappa shape index (κ1) is 35.5. The van der Waals surface area contributed by atoms with Crippen LogP contribution in [0.1, 0.15) is 120 Å². The molecule has 4 rings (SSSR count). The predicted octanol–water partition coefficient (Wildman–Crippen LogP) is 8.88. The summed E-state index contributed by atoms with van der Waals surface area (Å²) in [6.45, 7) is 33.7. The van der Waals surface area contributed by atoms with Crippen LogP contribution in [0.2, 0.25) is 33.2 Å². The van der Waals surface area contributed by atoms with Crippen LogP contribution >= 0.6 is 0 Å². The fraction of sp³-hybridized carbons (Fsp3) is 0.737. The van der Waals surface area contributed by atoms with Gasteiger partial charge in [-0.15, -0.1) is 0 Å². The van der Waals surface area contributed by atoms with E-state index in [1.165, 1.54) is 50.2 Å². The zero-order valence-corrected chi connectivity index (χ0v) is 32.5. The first-order chi connectivity index (χ1) is 20.8. The van der Waals surface area contributed by atoms with E-state index in [1.54, 1.807) is 10.4 Å². The van der Waals surface area contributed by atoms with Crippen molar-refractivity contribution in [3.05, 3.63) is 48.0 Å². The van der Waals surface area contributed by atoms with Gasteiger partial charge in [-0.3, -0.25) is 19.8 Å². The Kier molecular flexibility index (Phi) is 11.8. The Morgan fingerprint density at radius 2 is 0.864 bits per heavy atom. The van der Waals surface area contributed by atoms with Crippen molar-refractivity contribution in [2.24, 2.45) is 0 Å². The zero-order valence-electron chi connectivity index (χ0n) is 30.5. The molecule has 0 aliphatic carbocycles. The van der Waals surface area contributed by atoms with Crippen LogP contribution < -0.4 is 10.4 Å². The summed E-state index contributed by atoms with van der Waals surface area (Å²) in [6.07, 6.45) is 9.77. The molecule has 0 unspecified atom stereocenters. The van der Waals surface area contributed by atoms with E-state index in [2.05, 4.69) is 130 Å². The van der Waals surface area contributed by atoms with Gasteiger partial charge in [-0.25, -0.2) is 0 Å². The maximum Gasteiger partial charge on any atom is 0.0962 e. The van der Waals surface area contributed by atoms with E-state index < -0.39 is 16.1 Å². The number of likely N-dealkylation sites (tertiary alicyclic amines) is 2. The van der Waals surface area contributed by atoms with Crippen molar-refractivity contribution in [1.29, 1.82) is 0 Å². The summed E-state index contributed by atoms with van der Waals surface area (Å²) in [7, 11) is -3.34. The second-order valence-corrected chi connectivity index (χ2v) is 28.0. The minimum atomic E-state index is -1.67. The van der Waals surface area contributed by atoms with Crippen molar-refractivity contribution in [3.63, 3.8) is 0 Å². The van der Waals surface area contributed by atoms with Gasteiger partial charge in [0.25, 0.3) is 0 Å². The molecule has 2 aromatic heterocycles. The van der Waals surface area contributed by atoms with Gasteiger partial charge < -0.3 is 0 Å². The molecule has 44 heavy (non-hydrogen) atoms. The smallest absolute Gasteiger partial charge is 0.0962 e. The van der Waals surface area contributed by atoms with E-state index in [0.717, 1.165) is 13.1 Å². The summed E-state index contributed by atoms with van der Waals surface area (Å²) in [6, 6.07) is 10.9. The van der Waals surface area contributed by atoms with Crippen molar-refractivity contribution < 1.29 is 0 Å². The molecule has 6 heteroatoms. The van der Waals surface area contributed by atoms with E-state index in [1.807, 2.05) is 0 Å². The maximum atomic E-state index is 5.14. The van der Waals surface area contributed by atoms with Crippen LogP contribution in [0.15, 0.2) is 36.7 Å². The SMILES string of the molecule is CC(C)[Si](c1ccc(CN2CCC[C@H]2[C@@H]2CCCN2Cc2ccc([Si](C(C)C)(C(C)C)C(C)C)cn2)nc1)(C(C)C)C(C)C. The highest BCUT2D eigenvalue weighted by Gasteiger charge is 2.46. The first-order valence-electron chi connectivity index (χ1n) is 18.2. The monoisotopic (exact) mass is 634 g/mol. The van der Waals surface area contributed by atoms with Crippen molar-refractivity contribution >= 4 is 26.5 Å². The summed E-state index contributed by atoms with van der Waals surface area (Å²) < 4.78 is 0. The van der Waals surface area contributed by atoms with Gasteiger partial charge in [-0.1, -0.05) is 95.2 Å². The Labute approximate surface area is 273 Å². The third kappa shape index (κ3) is 6.57. The summed E-state index contributed by atoms with van der Waals surface area (Å²) in [5.41, 5.74) is 6.75. The Bertz CT molecular complexity index is 1040. The van der Waals surface area contributed by atoms with Gasteiger partial charge in [0.15, 0.2) is 0 Å². The normalized spacial score (nSPS) is 21.0. The number of aromatic nitrogens is 2. The average Bonchev–Trinajstić information content (AvgIpc) is 3.59. The molecule has 0 N–H and O–H groups in total. The van der Waals surface area contributed by atoms with E-state index in [9.17, 15) is 0 Å². The molecule has 2 atom stereocenters. The number of hydrogen-bond acceptors (Lipinski definition) is 4. The largest absolute Gasteiger partial charge is 0.293 e. The molecule has 0 radical (unpaired) electrons. The van der Waals surface area contributed by atoms with E-state index >= 15 is 0 Å². The quantitative estimate of drug-likeness (QED) is 0.206. The summed E-state index contributed by atoms with van der Waals surface area (Å²) in [5, 5.41) is 3.10. The molecule has 0 amide bonds. The van der Waals surface area contributed by atoms with Gasteiger partial charge in [-0.05, 0) is 94.5 Å². The number of nitrogens with zero attached hydrogens (tertiary/aromatic N) is 4. The molecule has 0 saturated carbocycles. The van der Waals surface area contributed by atoms with Gasteiger partial charge in [0.2, 0.25) is 0 Å². The van der Waals surface area contributed by atoms with Crippen molar-refractivity contribution in [2.45, 2.75) is 167 Å². The van der Waals surface area contributed by atoms with Crippen LogP contribution in [0.25, 0.3) is 0 Å². The average molecular weight is 635 g/mol. The van der Waals surface area contributed by atoms with Gasteiger partial charge in [0, 0.05) is 37.6 Å². The minimum absolute atomic E-state index is 0.622. The number of hydrogen-bond donors (Lipinski definition) is 0. The minimum Gasteiger partial charge on any atom is -0.293 e. The van der Waals surface area contributed by atoms with Crippen molar-refractivity contribution in [3.8, 4) is 0 Å². The fourth-order valence-electron chi connectivity index (χ4n) is 10.9. The van der Waals surface area contributed by atoms with Crippen LogP contribution in [-0.2, 0) is 13.1 Å². The lowest BCUT2D eigenvalue weighted by Gasteiger charge is -2.43. The number of pyridine rings is 2. The summed E-state index contributed by atoms with van der Waals surface area (Å²) in [5.74, 6) is 0. The lowest BCUT2D eigenvalue weighted by atomic mass is 10.0. The standard InChI is InChI=1S/C38H66N4Si2/c1-27(2)43(28(3)4,29(5)6)35-19-17-33(39-23-35)25-41-21-13-15-37(41)38-16-14-22-42(38)26-34-18-20-36(24-40-34)44(30(7)8,31(9)10)32(11)12/h17-20,23-24,27-32,37-38H,13-16,21-22,25-26H2,1-12H3/t37-,38-/m0/s1. The highest BCUT2D eigenvalue weighted by molar-refractivity contribution is 6.95. The summed E-state index contributed by atoms with van der Waals surface area (Å²) in [4.78, 5) is 15.8. The van der Waals surface area contributed by atoms with Gasteiger partial charge in [0.1, 0.15) is 0 Å². The third-order valence-corrected chi connectivity index (χ3v) is 26.4. The molecule has 0 aromatic carbocycles. The zero-order chi connectivity index (χ0) is 32.4. The van der Waals surface area contributed by atoms with E-state index in [0.29, 0.717) is 45.3 Å². The van der Waals surface area contributed by atoms with Gasteiger partial charge in [0.05, 0.1) is 27.5 Å². The number of rotatable bonds is 13. The molecular formula is C38H66N4Si2. The van der Waals surface area contributed by atoms with E-state index in [4.69, 9.17) is 9.97 Å². The van der Waals surface area contributed by atoms with Crippen LogP contribution in [0.5, 0.6) is 0 Å². The molecule has 0 bridgehead atoms. The molecule has 246 valence electrons. The van der Waals surface area contributed by atoms with Crippen LogP contribution in [-0.4, -0.2) is 61.1 Å². The fourth-order valence-corrected chi connectivity index (χ4v) is 24.3. The second-order valence-electron chi connectivity index (χ2n) is 16.2. The molecule has 4 nitrogen and oxygen atoms in total. The molecule has 2 fully saturated rings. The Morgan fingerprint density at radius 1 is 0.545 bits per heavy atom. The van der Waals surface area contributed by atoms with Crippen LogP contribution in [0.3, 0.4) is 0 Å². The Hall–Kier alpha value is -1.35. The van der Waals surface area contributed by atoms with Gasteiger partial charge >= 0.3 is 0 Å².